The van der Waals surface area contributed by atoms with Crippen molar-refractivity contribution in [1.29, 1.82) is 0 Å². The van der Waals surface area contributed by atoms with Crippen LogP contribution < -0.4 is 4.74 Å². The summed E-state index contributed by atoms with van der Waals surface area (Å²) in [5.74, 6) is 4.87. The second-order valence-corrected chi connectivity index (χ2v) is 11.3. The van der Waals surface area contributed by atoms with Crippen LogP contribution in [0.3, 0.4) is 0 Å². The van der Waals surface area contributed by atoms with E-state index in [-0.39, 0.29) is 1.43 Å². The maximum Gasteiger partial charge on any atom is 0.133 e. The molecule has 0 unspecified atom stereocenters. The first-order valence-electron chi connectivity index (χ1n) is 14.8. The van der Waals surface area contributed by atoms with Crippen LogP contribution in [0.4, 0.5) is 0 Å². The highest BCUT2D eigenvalue weighted by Gasteiger charge is 2.23. The first kappa shape index (κ1) is 31.5. The van der Waals surface area contributed by atoms with Gasteiger partial charge in [0.1, 0.15) is 11.5 Å². The molecule has 2 rings (SSSR count). The van der Waals surface area contributed by atoms with Crippen molar-refractivity contribution in [1.82, 2.24) is 0 Å². The van der Waals surface area contributed by atoms with Crippen molar-refractivity contribution in [2.24, 2.45) is 17.8 Å². The Hall–Kier alpha value is -1.50. The van der Waals surface area contributed by atoms with E-state index in [1.165, 1.54) is 84.1 Å². The molecule has 0 fully saturated rings. The molecule has 0 spiro atoms. The average Bonchev–Trinajstić information content (AvgIpc) is 2.83. The van der Waals surface area contributed by atoms with E-state index in [0.29, 0.717) is 0 Å². The summed E-state index contributed by atoms with van der Waals surface area (Å²) in [5, 5.41) is 0. The summed E-state index contributed by atoms with van der Waals surface area (Å²) >= 11 is 0. The van der Waals surface area contributed by atoms with Crippen LogP contribution in [0.15, 0.2) is 17.9 Å². The molecule has 0 radical (unpaired) electrons. The number of rotatable bonds is 12. The third-order valence-electron chi connectivity index (χ3n) is 7.97. The van der Waals surface area contributed by atoms with Gasteiger partial charge in [0, 0.05) is 7.85 Å². The number of fused-ring (bicyclic) bond motifs is 1. The molecular formula is C34H60O. The molecule has 0 aliphatic carbocycles. The van der Waals surface area contributed by atoms with Gasteiger partial charge in [-0.15, -0.1) is 0 Å². The Balaban J connectivity index is 0.00000398. The summed E-state index contributed by atoms with van der Waals surface area (Å²) in [6, 6.07) is 0. The van der Waals surface area contributed by atoms with Crippen LogP contribution >= 0.6 is 0 Å². The second kappa shape index (κ2) is 16.3. The zero-order valence-electron chi connectivity index (χ0n) is 25.4. The Labute approximate surface area is 221 Å². The van der Waals surface area contributed by atoms with Crippen molar-refractivity contribution in [2.45, 2.75) is 140 Å². The van der Waals surface area contributed by atoms with Gasteiger partial charge < -0.3 is 4.74 Å². The smallest absolute Gasteiger partial charge is 0.133 e. The summed E-state index contributed by atoms with van der Waals surface area (Å²) in [5.41, 5.74) is 8.31. The molecule has 2 atom stereocenters. The largest absolute Gasteiger partial charge is 0.461 e. The first-order chi connectivity index (χ1) is 16.6. The molecule has 1 aromatic carbocycles. The molecule has 0 saturated carbocycles. The van der Waals surface area contributed by atoms with Crippen LogP contribution in [0.5, 0.6) is 5.75 Å². The van der Waals surface area contributed by atoms with E-state index in [4.69, 9.17) is 4.74 Å². The Bertz CT molecular complexity index is 830. The summed E-state index contributed by atoms with van der Waals surface area (Å²) in [6.45, 7) is 24.7. The SMILES string of the molecule is C/C=C(/C)c1c(C)c(C)c2c(c1C)CC/C(=C\CC[C@H](C)CCC[C@H](C)CCCC(C)C)O2.CC.[HH]. The van der Waals surface area contributed by atoms with Crippen molar-refractivity contribution in [3.05, 3.63) is 45.7 Å². The molecule has 1 aromatic rings. The molecular weight excluding hydrogens is 424 g/mol. The molecule has 1 aliphatic rings. The fraction of sp³-hybridized carbons (Fsp3) is 0.706. The lowest BCUT2D eigenvalue weighted by Gasteiger charge is -2.27. The van der Waals surface area contributed by atoms with E-state index in [0.717, 1.165) is 42.8 Å². The third-order valence-corrected chi connectivity index (χ3v) is 7.97. The van der Waals surface area contributed by atoms with Gasteiger partial charge >= 0.3 is 0 Å². The van der Waals surface area contributed by atoms with Gasteiger partial charge in [0.15, 0.2) is 0 Å². The van der Waals surface area contributed by atoms with Gasteiger partial charge in [-0.2, -0.15) is 0 Å². The van der Waals surface area contributed by atoms with Gasteiger partial charge in [-0.05, 0) is 111 Å². The Morgan fingerprint density at radius 2 is 1.40 bits per heavy atom. The first-order valence-corrected chi connectivity index (χ1v) is 14.8. The van der Waals surface area contributed by atoms with Crippen molar-refractivity contribution >= 4 is 5.57 Å². The number of hydrogen-bond acceptors (Lipinski definition) is 1. The van der Waals surface area contributed by atoms with E-state index in [1.54, 1.807) is 0 Å². The molecule has 0 aromatic heterocycles. The molecule has 1 nitrogen and oxygen atoms in total. The van der Waals surface area contributed by atoms with E-state index in [1.807, 2.05) is 13.8 Å². The van der Waals surface area contributed by atoms with E-state index < -0.39 is 0 Å². The molecule has 0 N–H and O–H groups in total. The van der Waals surface area contributed by atoms with Gasteiger partial charge in [0.25, 0.3) is 0 Å². The molecule has 35 heavy (non-hydrogen) atoms. The topological polar surface area (TPSA) is 9.23 Å². The minimum atomic E-state index is 0. The minimum absolute atomic E-state index is 0. The fourth-order valence-corrected chi connectivity index (χ4v) is 5.44. The molecule has 0 amide bonds. The Morgan fingerprint density at radius 1 is 0.829 bits per heavy atom. The molecule has 1 heteroatoms. The zero-order chi connectivity index (χ0) is 26.5. The Kier molecular flexibility index (Phi) is 14.7. The van der Waals surface area contributed by atoms with Crippen molar-refractivity contribution in [3.63, 3.8) is 0 Å². The van der Waals surface area contributed by atoms with E-state index >= 15 is 0 Å². The predicted octanol–water partition coefficient (Wildman–Crippen LogP) is 11.6. The third kappa shape index (κ3) is 9.82. The van der Waals surface area contributed by atoms with E-state index in [9.17, 15) is 0 Å². The highest BCUT2D eigenvalue weighted by atomic mass is 16.5. The summed E-state index contributed by atoms with van der Waals surface area (Å²) in [6.07, 6.45) is 17.5. The van der Waals surface area contributed by atoms with Gasteiger partial charge in [-0.3, -0.25) is 0 Å². The predicted molar refractivity (Wildman–Crippen MR) is 161 cm³/mol. The zero-order valence-corrected chi connectivity index (χ0v) is 25.4. The van der Waals surface area contributed by atoms with Gasteiger partial charge in [0.05, 0.1) is 0 Å². The van der Waals surface area contributed by atoms with Crippen molar-refractivity contribution in [3.8, 4) is 5.75 Å². The number of allylic oxidation sites excluding steroid dienone is 4. The van der Waals surface area contributed by atoms with Gasteiger partial charge in [-0.25, -0.2) is 0 Å². The molecule has 0 bridgehead atoms. The lowest BCUT2D eigenvalue weighted by molar-refractivity contribution is 0.367. The lowest BCUT2D eigenvalue weighted by Crippen LogP contribution is -2.13. The van der Waals surface area contributed by atoms with Crippen LogP contribution in [0.2, 0.25) is 0 Å². The van der Waals surface area contributed by atoms with Crippen LogP contribution in [-0.4, -0.2) is 0 Å². The average molecular weight is 485 g/mol. The van der Waals surface area contributed by atoms with E-state index in [2.05, 4.69) is 74.5 Å². The maximum absolute atomic E-state index is 6.48. The van der Waals surface area contributed by atoms with Crippen LogP contribution in [-0.2, 0) is 6.42 Å². The maximum atomic E-state index is 6.48. The number of hydrogen-bond donors (Lipinski definition) is 0. The second-order valence-electron chi connectivity index (χ2n) is 11.3. The van der Waals surface area contributed by atoms with Crippen LogP contribution in [0.1, 0.15) is 142 Å². The highest BCUT2D eigenvalue weighted by molar-refractivity contribution is 5.74. The summed E-state index contributed by atoms with van der Waals surface area (Å²) in [7, 11) is 0. The number of ether oxygens (including phenoxy) is 1. The quantitative estimate of drug-likeness (QED) is 0.286. The van der Waals surface area contributed by atoms with Gasteiger partial charge in [-0.1, -0.05) is 86.1 Å². The van der Waals surface area contributed by atoms with Crippen LogP contribution in [0.25, 0.3) is 5.57 Å². The normalized spacial score (nSPS) is 16.5. The van der Waals surface area contributed by atoms with Gasteiger partial charge in [0.2, 0.25) is 0 Å². The monoisotopic (exact) mass is 484 g/mol. The summed E-state index contributed by atoms with van der Waals surface area (Å²) in [4.78, 5) is 0. The fourth-order valence-electron chi connectivity index (χ4n) is 5.44. The standard InChI is InChI=1S/C32H52O.C2H6.H2/c1-10-25(6)31-26(7)27(8)32-30(28(31)9)21-20-29(33-32)19-13-18-24(5)17-12-16-23(4)15-11-14-22(2)3;1-2;/h10,19,22-24H,11-18,20-21H2,1-9H3;1-2H3;1H/b25-10-,29-19+;;/t23-,24-;;/m1../s1. The molecule has 1 aliphatic heterocycles. The molecule has 0 saturated heterocycles. The summed E-state index contributed by atoms with van der Waals surface area (Å²) < 4.78 is 6.48. The Morgan fingerprint density at radius 3 is 1.97 bits per heavy atom. The van der Waals surface area contributed by atoms with Crippen molar-refractivity contribution < 1.29 is 6.16 Å². The molecule has 202 valence electrons. The molecule has 1 heterocycles. The van der Waals surface area contributed by atoms with Crippen molar-refractivity contribution in [2.75, 3.05) is 0 Å². The minimum Gasteiger partial charge on any atom is -0.461 e. The lowest BCUT2D eigenvalue weighted by atomic mass is 9.86. The number of benzene rings is 1. The van der Waals surface area contributed by atoms with Crippen LogP contribution in [0, 0.1) is 38.5 Å². The highest BCUT2D eigenvalue weighted by Crippen LogP contribution is 2.41.